The van der Waals surface area contributed by atoms with Crippen molar-refractivity contribution < 1.29 is 4.79 Å². The van der Waals surface area contributed by atoms with E-state index >= 15 is 0 Å². The molecule has 0 unspecified atom stereocenters. The van der Waals surface area contributed by atoms with Crippen LogP contribution >= 0.6 is 0 Å². The molecule has 1 aromatic rings. The molecular formula is C21H35N3O. The fourth-order valence-corrected chi connectivity index (χ4v) is 3.44. The minimum absolute atomic E-state index is 0.0394. The number of amides is 1. The second kappa shape index (κ2) is 10.6. The molecule has 4 heteroatoms. The van der Waals surface area contributed by atoms with Gasteiger partial charge in [0.15, 0.2) is 0 Å². The van der Waals surface area contributed by atoms with Crippen molar-refractivity contribution in [3.63, 3.8) is 0 Å². The summed E-state index contributed by atoms with van der Waals surface area (Å²) in [6.07, 6.45) is 5.28. The van der Waals surface area contributed by atoms with Gasteiger partial charge in [-0.1, -0.05) is 31.9 Å². The van der Waals surface area contributed by atoms with Crippen LogP contribution in [0.2, 0.25) is 0 Å². The summed E-state index contributed by atoms with van der Waals surface area (Å²) in [6.45, 7) is 12.6. The topological polar surface area (TPSA) is 35.6 Å². The largest absolute Gasteiger partial charge is 0.351 e. The molecule has 1 heterocycles. The van der Waals surface area contributed by atoms with Crippen molar-refractivity contribution in [1.82, 2.24) is 15.1 Å². The summed E-state index contributed by atoms with van der Waals surface area (Å²) in [5.41, 5.74) is 2.02. The van der Waals surface area contributed by atoms with E-state index in [0.29, 0.717) is 6.04 Å². The fourth-order valence-electron chi connectivity index (χ4n) is 3.44. The third kappa shape index (κ3) is 6.79. The summed E-state index contributed by atoms with van der Waals surface area (Å²) in [4.78, 5) is 17.2. The van der Waals surface area contributed by atoms with Crippen LogP contribution in [0.1, 0.15) is 62.4 Å². The molecule has 1 aliphatic rings. The smallest absolute Gasteiger partial charge is 0.251 e. The van der Waals surface area contributed by atoms with Crippen LogP contribution in [0.3, 0.4) is 0 Å². The number of likely N-dealkylation sites (tertiary alicyclic amines) is 1. The first-order chi connectivity index (χ1) is 12.1. The second-order valence-corrected chi connectivity index (χ2v) is 7.37. The number of carbonyl (C=O) groups is 1. The van der Waals surface area contributed by atoms with E-state index in [1.54, 1.807) is 0 Å². The van der Waals surface area contributed by atoms with Gasteiger partial charge < -0.3 is 10.2 Å². The number of nitrogens with one attached hydrogen (secondary N) is 1. The minimum Gasteiger partial charge on any atom is -0.351 e. The maximum Gasteiger partial charge on any atom is 0.251 e. The quantitative estimate of drug-likeness (QED) is 0.783. The Balaban J connectivity index is 1.77. The van der Waals surface area contributed by atoms with Crippen molar-refractivity contribution in [3.05, 3.63) is 35.4 Å². The third-order valence-corrected chi connectivity index (χ3v) is 5.15. The van der Waals surface area contributed by atoms with E-state index in [1.807, 2.05) is 12.1 Å². The van der Waals surface area contributed by atoms with Gasteiger partial charge in [0.05, 0.1) is 0 Å². The molecule has 2 rings (SSSR count). The second-order valence-electron chi connectivity index (χ2n) is 7.37. The van der Waals surface area contributed by atoms with Crippen LogP contribution in [0.5, 0.6) is 0 Å². The maximum atomic E-state index is 12.3. The van der Waals surface area contributed by atoms with Gasteiger partial charge in [0.25, 0.3) is 5.91 Å². The van der Waals surface area contributed by atoms with Crippen LogP contribution in [-0.2, 0) is 6.54 Å². The molecule has 0 bridgehead atoms. The number of hydrogen-bond acceptors (Lipinski definition) is 3. The van der Waals surface area contributed by atoms with Crippen LogP contribution in [-0.4, -0.2) is 54.5 Å². The Labute approximate surface area is 153 Å². The van der Waals surface area contributed by atoms with Crippen molar-refractivity contribution in [2.75, 3.05) is 32.7 Å². The normalized spacial score (nSPS) is 16.2. The number of nitrogens with zero attached hydrogens (tertiary/aromatic N) is 2. The Morgan fingerprint density at radius 2 is 1.76 bits per heavy atom. The molecule has 1 saturated heterocycles. The Morgan fingerprint density at radius 3 is 2.32 bits per heavy atom. The predicted octanol–water partition coefficient (Wildman–Crippen LogP) is 3.52. The van der Waals surface area contributed by atoms with E-state index in [-0.39, 0.29) is 5.91 Å². The van der Waals surface area contributed by atoms with Gasteiger partial charge in [-0.25, -0.2) is 0 Å². The highest BCUT2D eigenvalue weighted by molar-refractivity contribution is 5.94. The molecule has 1 aliphatic heterocycles. The first-order valence-electron chi connectivity index (χ1n) is 9.93. The molecule has 0 atom stereocenters. The van der Waals surface area contributed by atoms with E-state index < -0.39 is 0 Å². The van der Waals surface area contributed by atoms with Crippen molar-refractivity contribution >= 4 is 5.91 Å². The molecule has 1 N–H and O–H groups in total. The average Bonchev–Trinajstić information content (AvgIpc) is 2.88. The van der Waals surface area contributed by atoms with Crippen LogP contribution in [0.25, 0.3) is 0 Å². The number of rotatable bonds is 8. The van der Waals surface area contributed by atoms with E-state index in [0.717, 1.165) is 31.7 Å². The number of carbonyl (C=O) groups excluding carboxylic acids is 1. The monoisotopic (exact) mass is 345 g/mol. The molecule has 1 fully saturated rings. The number of benzene rings is 1. The summed E-state index contributed by atoms with van der Waals surface area (Å²) in [7, 11) is 0. The zero-order valence-corrected chi connectivity index (χ0v) is 16.3. The Hall–Kier alpha value is -1.39. The van der Waals surface area contributed by atoms with Gasteiger partial charge in [-0.05, 0) is 64.0 Å². The summed E-state index contributed by atoms with van der Waals surface area (Å²) < 4.78 is 0. The molecule has 1 amide bonds. The van der Waals surface area contributed by atoms with Gasteiger partial charge in [0, 0.05) is 31.2 Å². The lowest BCUT2D eigenvalue weighted by Gasteiger charge is -2.24. The molecule has 1 aromatic carbocycles. The lowest BCUT2D eigenvalue weighted by molar-refractivity contribution is 0.0948. The van der Waals surface area contributed by atoms with Crippen LogP contribution < -0.4 is 5.32 Å². The summed E-state index contributed by atoms with van der Waals surface area (Å²) in [5, 5.41) is 3.07. The maximum absolute atomic E-state index is 12.3. The lowest BCUT2D eigenvalue weighted by Crippen LogP contribution is -2.35. The molecular weight excluding hydrogens is 310 g/mol. The van der Waals surface area contributed by atoms with E-state index in [4.69, 9.17) is 0 Å². The standard InChI is InChI=1S/C21H35N3O/c1-4-24(18(2)3)17-19-9-11-20(12-10-19)21(25)22-13-16-23-14-7-5-6-8-15-23/h9-12,18H,4-8,13-17H2,1-3H3,(H,22,25). The van der Waals surface area contributed by atoms with Crippen molar-refractivity contribution in [2.24, 2.45) is 0 Å². The first kappa shape index (κ1) is 19.9. The van der Waals surface area contributed by atoms with Gasteiger partial charge in [-0.15, -0.1) is 0 Å². The lowest BCUT2D eigenvalue weighted by atomic mass is 10.1. The Morgan fingerprint density at radius 1 is 1.12 bits per heavy atom. The first-order valence-corrected chi connectivity index (χ1v) is 9.93. The highest BCUT2D eigenvalue weighted by Crippen LogP contribution is 2.11. The van der Waals surface area contributed by atoms with Gasteiger partial charge >= 0.3 is 0 Å². The van der Waals surface area contributed by atoms with Gasteiger partial charge in [0.2, 0.25) is 0 Å². The highest BCUT2D eigenvalue weighted by atomic mass is 16.1. The van der Waals surface area contributed by atoms with Crippen molar-refractivity contribution in [1.29, 1.82) is 0 Å². The molecule has 25 heavy (non-hydrogen) atoms. The molecule has 0 aromatic heterocycles. The van der Waals surface area contributed by atoms with Crippen LogP contribution in [0, 0.1) is 0 Å². The van der Waals surface area contributed by atoms with E-state index in [1.165, 1.54) is 44.3 Å². The van der Waals surface area contributed by atoms with Gasteiger partial charge in [0.1, 0.15) is 0 Å². The average molecular weight is 346 g/mol. The molecule has 140 valence electrons. The van der Waals surface area contributed by atoms with E-state index in [2.05, 4.69) is 48.0 Å². The molecule has 0 saturated carbocycles. The van der Waals surface area contributed by atoms with Gasteiger partial charge in [-0.3, -0.25) is 9.69 Å². The van der Waals surface area contributed by atoms with Crippen LogP contribution in [0.4, 0.5) is 0 Å². The summed E-state index contributed by atoms with van der Waals surface area (Å²) in [5.74, 6) is 0.0394. The fraction of sp³-hybridized carbons (Fsp3) is 0.667. The van der Waals surface area contributed by atoms with Crippen molar-refractivity contribution in [2.45, 2.75) is 59.0 Å². The minimum atomic E-state index is 0.0394. The highest BCUT2D eigenvalue weighted by Gasteiger charge is 2.11. The zero-order valence-electron chi connectivity index (χ0n) is 16.3. The summed E-state index contributed by atoms with van der Waals surface area (Å²) in [6, 6.07) is 8.59. The predicted molar refractivity (Wildman–Crippen MR) is 105 cm³/mol. The summed E-state index contributed by atoms with van der Waals surface area (Å²) >= 11 is 0. The zero-order chi connectivity index (χ0) is 18.1. The SMILES string of the molecule is CCN(Cc1ccc(C(=O)NCCN2CCCCCC2)cc1)C(C)C. The third-order valence-electron chi connectivity index (χ3n) is 5.15. The molecule has 0 spiro atoms. The Kier molecular flexibility index (Phi) is 8.42. The van der Waals surface area contributed by atoms with Gasteiger partial charge in [-0.2, -0.15) is 0 Å². The number of hydrogen-bond donors (Lipinski definition) is 1. The molecule has 0 aliphatic carbocycles. The molecule has 0 radical (unpaired) electrons. The van der Waals surface area contributed by atoms with E-state index in [9.17, 15) is 4.79 Å². The Bertz CT molecular complexity index is 504. The van der Waals surface area contributed by atoms with Crippen molar-refractivity contribution in [3.8, 4) is 0 Å². The van der Waals surface area contributed by atoms with Crippen LogP contribution in [0.15, 0.2) is 24.3 Å². The molecule has 4 nitrogen and oxygen atoms in total.